The lowest BCUT2D eigenvalue weighted by atomic mass is 9.98. The molecule has 3 atom stereocenters. The number of H-pyrrole nitrogens is 1. The minimum atomic E-state index is -1.09. The first kappa shape index (κ1) is 28.4. The standard InChI is InChI=1S/C29H37N3O7/c1-19(31-17-25(33)21-8-7-13-30-15-21)14-22-16-32-28-24(22)11-6-12-26(28)36-18-27(34)37-20(2)38-29(35)39-23-9-4-3-5-10-23/h6-8,11-13,15-16,19-20,23,25,31-33H,3-5,9-10,14,17-18H2,1-2H3/t19-,20?,25+/m1/s1. The highest BCUT2D eigenvalue weighted by Gasteiger charge is 2.22. The van der Waals surface area contributed by atoms with E-state index in [9.17, 15) is 14.7 Å². The summed E-state index contributed by atoms with van der Waals surface area (Å²) in [5.41, 5.74) is 2.61. The topological polar surface area (TPSA) is 132 Å². The van der Waals surface area contributed by atoms with Crippen LogP contribution in [0, 0.1) is 0 Å². The summed E-state index contributed by atoms with van der Waals surface area (Å²) in [5, 5.41) is 14.7. The predicted molar refractivity (Wildman–Crippen MR) is 144 cm³/mol. The molecule has 0 radical (unpaired) electrons. The van der Waals surface area contributed by atoms with E-state index in [0.717, 1.165) is 60.6 Å². The Morgan fingerprint density at radius 2 is 1.95 bits per heavy atom. The van der Waals surface area contributed by atoms with Gasteiger partial charge in [-0.1, -0.05) is 24.6 Å². The lowest BCUT2D eigenvalue weighted by Gasteiger charge is -2.22. The molecule has 2 aromatic heterocycles. The number of aromatic nitrogens is 2. The Hall–Kier alpha value is -3.63. The van der Waals surface area contributed by atoms with Gasteiger partial charge >= 0.3 is 12.1 Å². The van der Waals surface area contributed by atoms with Gasteiger partial charge in [0, 0.05) is 49.1 Å². The maximum Gasteiger partial charge on any atom is 0.511 e. The molecule has 2 heterocycles. The molecule has 0 spiro atoms. The second-order valence-corrected chi connectivity index (χ2v) is 9.90. The van der Waals surface area contributed by atoms with E-state index in [4.69, 9.17) is 18.9 Å². The van der Waals surface area contributed by atoms with Gasteiger partial charge in [0.2, 0.25) is 6.29 Å². The molecule has 3 N–H and O–H groups in total. The minimum Gasteiger partial charge on any atom is -0.480 e. The monoisotopic (exact) mass is 539 g/mol. The van der Waals surface area contributed by atoms with Crippen LogP contribution in [-0.2, 0) is 25.4 Å². The summed E-state index contributed by atoms with van der Waals surface area (Å²) in [5.74, 6) is -0.157. The number of ether oxygens (including phenoxy) is 4. The second-order valence-electron chi connectivity index (χ2n) is 9.90. The summed E-state index contributed by atoms with van der Waals surface area (Å²) >= 11 is 0. The zero-order valence-electron chi connectivity index (χ0n) is 22.4. The number of para-hydroxylation sites is 1. The number of carbonyl (C=O) groups is 2. The van der Waals surface area contributed by atoms with Crippen LogP contribution in [0.3, 0.4) is 0 Å². The Labute approximate surface area is 228 Å². The molecule has 1 aliphatic rings. The lowest BCUT2D eigenvalue weighted by Crippen LogP contribution is -2.32. The molecule has 1 fully saturated rings. The normalized spacial score (nSPS) is 16.3. The van der Waals surface area contributed by atoms with Crippen molar-refractivity contribution in [1.82, 2.24) is 15.3 Å². The smallest absolute Gasteiger partial charge is 0.480 e. The molecule has 10 heteroatoms. The van der Waals surface area contributed by atoms with Crippen molar-refractivity contribution >= 4 is 23.0 Å². The summed E-state index contributed by atoms with van der Waals surface area (Å²) in [6, 6.07) is 9.36. The molecule has 210 valence electrons. The number of carbonyl (C=O) groups excluding carboxylic acids is 2. The zero-order chi connectivity index (χ0) is 27.6. The molecule has 10 nitrogen and oxygen atoms in total. The van der Waals surface area contributed by atoms with E-state index in [1.807, 2.05) is 24.4 Å². The van der Waals surface area contributed by atoms with Crippen LogP contribution < -0.4 is 10.1 Å². The highest BCUT2D eigenvalue weighted by molar-refractivity contribution is 5.88. The van der Waals surface area contributed by atoms with Crippen molar-refractivity contribution in [3.05, 3.63) is 60.0 Å². The molecular weight excluding hydrogens is 502 g/mol. The van der Waals surface area contributed by atoms with Gasteiger partial charge in [0.15, 0.2) is 6.61 Å². The molecule has 1 aliphatic carbocycles. The first-order valence-corrected chi connectivity index (χ1v) is 13.5. The second kappa shape index (κ2) is 14.0. The third-order valence-electron chi connectivity index (χ3n) is 6.74. The van der Waals surface area contributed by atoms with Gasteiger partial charge < -0.3 is 34.4 Å². The minimum absolute atomic E-state index is 0.0983. The van der Waals surface area contributed by atoms with Gasteiger partial charge in [-0.3, -0.25) is 4.98 Å². The van der Waals surface area contributed by atoms with Crippen LogP contribution in [0.1, 0.15) is 63.2 Å². The van der Waals surface area contributed by atoms with Crippen molar-refractivity contribution < 1.29 is 33.6 Å². The number of nitrogens with one attached hydrogen (secondary N) is 2. The number of aliphatic hydroxyl groups excluding tert-OH is 1. The third-order valence-corrected chi connectivity index (χ3v) is 6.74. The summed E-state index contributed by atoms with van der Waals surface area (Å²) < 4.78 is 21.2. The number of hydrogen-bond donors (Lipinski definition) is 3. The molecule has 0 bridgehead atoms. The number of nitrogens with zero attached hydrogens (tertiary/aromatic N) is 1. The average molecular weight is 540 g/mol. The summed E-state index contributed by atoms with van der Waals surface area (Å²) in [6.45, 7) is 3.58. The number of rotatable bonds is 12. The average Bonchev–Trinajstić information content (AvgIpc) is 3.34. The molecule has 3 aromatic rings. The van der Waals surface area contributed by atoms with E-state index in [1.54, 1.807) is 24.5 Å². The van der Waals surface area contributed by atoms with Crippen molar-refractivity contribution in [2.75, 3.05) is 13.2 Å². The van der Waals surface area contributed by atoms with E-state index in [0.29, 0.717) is 12.3 Å². The number of aromatic amines is 1. The van der Waals surface area contributed by atoms with Gasteiger partial charge in [-0.15, -0.1) is 0 Å². The first-order chi connectivity index (χ1) is 18.9. The lowest BCUT2D eigenvalue weighted by molar-refractivity contribution is -0.171. The Morgan fingerprint density at radius 3 is 2.72 bits per heavy atom. The number of esters is 1. The van der Waals surface area contributed by atoms with Crippen molar-refractivity contribution in [2.45, 2.75) is 76.9 Å². The van der Waals surface area contributed by atoms with Crippen LogP contribution in [0.2, 0.25) is 0 Å². The maximum atomic E-state index is 12.3. The van der Waals surface area contributed by atoms with E-state index in [1.165, 1.54) is 6.92 Å². The van der Waals surface area contributed by atoms with Crippen LogP contribution in [0.25, 0.3) is 10.9 Å². The zero-order valence-corrected chi connectivity index (χ0v) is 22.4. The van der Waals surface area contributed by atoms with Gasteiger partial charge in [0.25, 0.3) is 0 Å². The molecule has 39 heavy (non-hydrogen) atoms. The van der Waals surface area contributed by atoms with Gasteiger partial charge in [-0.05, 0) is 56.7 Å². The number of fused-ring (bicyclic) bond motifs is 1. The molecule has 0 amide bonds. The van der Waals surface area contributed by atoms with Crippen LogP contribution in [0.5, 0.6) is 5.75 Å². The SMILES string of the molecule is CC(OC(=O)COc1cccc2c(C[C@@H](C)NC[C@H](O)c3cccnc3)c[nH]c12)OC(=O)OC1CCCCC1. The third kappa shape index (κ3) is 8.43. The highest BCUT2D eigenvalue weighted by Crippen LogP contribution is 2.28. The Bertz CT molecular complexity index is 1210. The molecule has 1 unspecified atom stereocenters. The number of benzene rings is 1. The maximum absolute atomic E-state index is 12.3. The number of hydrogen-bond acceptors (Lipinski definition) is 9. The van der Waals surface area contributed by atoms with Crippen molar-refractivity contribution in [3.8, 4) is 5.75 Å². The van der Waals surface area contributed by atoms with Gasteiger partial charge in [0.1, 0.15) is 11.9 Å². The Balaban J connectivity index is 1.23. The summed E-state index contributed by atoms with van der Waals surface area (Å²) in [7, 11) is 0. The van der Waals surface area contributed by atoms with Gasteiger partial charge in [0.05, 0.1) is 11.6 Å². The fourth-order valence-electron chi connectivity index (χ4n) is 4.74. The highest BCUT2D eigenvalue weighted by atomic mass is 16.8. The Kier molecular flexibility index (Phi) is 10.2. The molecule has 1 aromatic carbocycles. The largest absolute Gasteiger partial charge is 0.511 e. The Morgan fingerprint density at radius 1 is 1.13 bits per heavy atom. The van der Waals surface area contributed by atoms with Crippen molar-refractivity contribution in [3.63, 3.8) is 0 Å². The molecule has 0 aliphatic heterocycles. The van der Waals surface area contributed by atoms with Crippen molar-refractivity contribution in [2.24, 2.45) is 0 Å². The van der Waals surface area contributed by atoms with Crippen molar-refractivity contribution in [1.29, 1.82) is 0 Å². The van der Waals surface area contributed by atoms with E-state index in [-0.39, 0.29) is 18.8 Å². The molecule has 1 saturated carbocycles. The predicted octanol–water partition coefficient (Wildman–Crippen LogP) is 4.57. The molecular formula is C29H37N3O7. The molecule has 0 saturated heterocycles. The van der Waals surface area contributed by atoms with Gasteiger partial charge in [-0.25, -0.2) is 9.59 Å². The summed E-state index contributed by atoms with van der Waals surface area (Å²) in [6.07, 6.45) is 8.14. The van der Waals surface area contributed by atoms with E-state index in [2.05, 4.69) is 22.2 Å². The van der Waals surface area contributed by atoms with Gasteiger partial charge in [-0.2, -0.15) is 0 Å². The van der Waals surface area contributed by atoms with Crippen LogP contribution >= 0.6 is 0 Å². The quantitative estimate of drug-likeness (QED) is 0.224. The van der Waals surface area contributed by atoms with E-state index >= 15 is 0 Å². The molecule has 4 rings (SSSR count). The summed E-state index contributed by atoms with van der Waals surface area (Å²) in [4.78, 5) is 31.5. The van der Waals surface area contributed by atoms with Crippen LogP contribution in [0.15, 0.2) is 48.9 Å². The van der Waals surface area contributed by atoms with Crippen LogP contribution in [0.4, 0.5) is 4.79 Å². The van der Waals surface area contributed by atoms with Crippen LogP contribution in [-0.4, -0.2) is 58.8 Å². The fraction of sp³-hybridized carbons (Fsp3) is 0.483. The van der Waals surface area contributed by atoms with E-state index < -0.39 is 24.5 Å². The fourth-order valence-corrected chi connectivity index (χ4v) is 4.74. The first-order valence-electron chi connectivity index (χ1n) is 13.5. The number of aliphatic hydroxyl groups is 1. The number of pyridine rings is 1.